The summed E-state index contributed by atoms with van der Waals surface area (Å²) in [5.74, 6) is 1.41. The summed E-state index contributed by atoms with van der Waals surface area (Å²) in [6.45, 7) is 3.58. The van der Waals surface area contributed by atoms with Crippen LogP contribution in [-0.2, 0) is 10.0 Å². The predicted octanol–water partition coefficient (Wildman–Crippen LogP) is 1.23. The zero-order valence-electron chi connectivity index (χ0n) is 15.6. The lowest BCUT2D eigenvalue weighted by molar-refractivity contribution is 0.383. The number of rotatable bonds is 4. The molecule has 27 heavy (non-hydrogen) atoms. The van der Waals surface area contributed by atoms with E-state index in [0.717, 1.165) is 5.82 Å². The molecule has 2 heterocycles. The fraction of sp³-hybridized carbons (Fsp3) is 0.389. The Hall–Kier alpha value is -2.70. The number of nitriles is 1. The van der Waals surface area contributed by atoms with E-state index < -0.39 is 10.0 Å². The van der Waals surface area contributed by atoms with Crippen molar-refractivity contribution in [1.82, 2.24) is 14.3 Å². The van der Waals surface area contributed by atoms with Gasteiger partial charge in [0.2, 0.25) is 16.0 Å². The summed E-state index contributed by atoms with van der Waals surface area (Å²) < 4.78 is 27.5. The molecule has 0 N–H and O–H groups in total. The van der Waals surface area contributed by atoms with Crippen molar-refractivity contribution >= 4 is 21.8 Å². The molecule has 2 aromatic rings. The number of aromatic nitrogens is 2. The molecule has 0 unspecified atom stereocenters. The summed E-state index contributed by atoms with van der Waals surface area (Å²) in [6, 6.07) is 8.53. The second-order valence-corrected chi connectivity index (χ2v) is 8.50. The van der Waals surface area contributed by atoms with Crippen molar-refractivity contribution in [3.05, 3.63) is 41.6 Å². The Morgan fingerprint density at radius 2 is 1.85 bits per heavy atom. The van der Waals surface area contributed by atoms with E-state index in [1.165, 1.54) is 10.4 Å². The van der Waals surface area contributed by atoms with E-state index in [1.807, 2.05) is 31.1 Å². The van der Waals surface area contributed by atoms with Crippen molar-refractivity contribution < 1.29 is 8.42 Å². The molecule has 0 aliphatic carbocycles. The Labute approximate surface area is 159 Å². The smallest absolute Gasteiger partial charge is 0.243 e. The van der Waals surface area contributed by atoms with Gasteiger partial charge >= 0.3 is 0 Å². The van der Waals surface area contributed by atoms with Crippen LogP contribution >= 0.6 is 0 Å². The topological polar surface area (TPSA) is 93.4 Å². The van der Waals surface area contributed by atoms with Gasteiger partial charge in [0.1, 0.15) is 5.82 Å². The summed E-state index contributed by atoms with van der Waals surface area (Å²) in [4.78, 5) is 12.9. The van der Waals surface area contributed by atoms with E-state index in [1.54, 1.807) is 25.3 Å². The number of benzene rings is 1. The third kappa shape index (κ3) is 3.86. The molecule has 8 nitrogen and oxygen atoms in total. The van der Waals surface area contributed by atoms with Gasteiger partial charge < -0.3 is 9.80 Å². The van der Waals surface area contributed by atoms with Crippen molar-refractivity contribution in [2.45, 2.75) is 11.8 Å². The van der Waals surface area contributed by atoms with Gasteiger partial charge in [-0.15, -0.1) is 0 Å². The van der Waals surface area contributed by atoms with Crippen LogP contribution in [0.1, 0.15) is 11.1 Å². The van der Waals surface area contributed by atoms with Gasteiger partial charge in [-0.05, 0) is 36.8 Å². The average molecular weight is 386 g/mol. The first kappa shape index (κ1) is 19.1. The van der Waals surface area contributed by atoms with Crippen LogP contribution in [0.4, 0.5) is 11.8 Å². The van der Waals surface area contributed by atoms with Crippen molar-refractivity contribution in [2.24, 2.45) is 0 Å². The fourth-order valence-electron chi connectivity index (χ4n) is 3.04. The number of hydrogen-bond donors (Lipinski definition) is 0. The van der Waals surface area contributed by atoms with E-state index in [2.05, 4.69) is 14.9 Å². The van der Waals surface area contributed by atoms with Gasteiger partial charge in [0, 0.05) is 46.5 Å². The highest BCUT2D eigenvalue weighted by Gasteiger charge is 2.30. The molecule has 1 aromatic heterocycles. The molecule has 1 fully saturated rings. The Kier molecular flexibility index (Phi) is 5.30. The molecular weight excluding hydrogens is 364 g/mol. The molecule has 1 aliphatic rings. The van der Waals surface area contributed by atoms with Crippen LogP contribution in [0.5, 0.6) is 0 Å². The minimum Gasteiger partial charge on any atom is -0.354 e. The molecule has 1 aromatic carbocycles. The van der Waals surface area contributed by atoms with E-state index >= 15 is 0 Å². The molecule has 142 valence electrons. The summed E-state index contributed by atoms with van der Waals surface area (Å²) in [7, 11) is 0.168. The number of hydrogen-bond acceptors (Lipinski definition) is 7. The fourth-order valence-corrected chi connectivity index (χ4v) is 4.66. The number of piperazine rings is 1. The normalized spacial score (nSPS) is 15.4. The van der Waals surface area contributed by atoms with Crippen LogP contribution in [0.15, 0.2) is 35.4 Å². The van der Waals surface area contributed by atoms with E-state index in [-0.39, 0.29) is 4.90 Å². The van der Waals surface area contributed by atoms with E-state index in [0.29, 0.717) is 43.3 Å². The van der Waals surface area contributed by atoms with Gasteiger partial charge in [0.05, 0.1) is 16.5 Å². The number of aryl methyl sites for hydroxylation is 1. The Bertz CT molecular complexity index is 976. The largest absolute Gasteiger partial charge is 0.354 e. The molecule has 0 spiro atoms. The first-order valence-corrected chi connectivity index (χ1v) is 10.0. The van der Waals surface area contributed by atoms with Gasteiger partial charge in [0.25, 0.3) is 0 Å². The Morgan fingerprint density at radius 1 is 1.15 bits per heavy atom. The molecule has 1 saturated heterocycles. The molecule has 0 bridgehead atoms. The summed E-state index contributed by atoms with van der Waals surface area (Å²) >= 11 is 0. The molecule has 3 rings (SSSR count). The highest BCUT2D eigenvalue weighted by Crippen LogP contribution is 2.23. The standard InChI is InChI=1S/C18H22N6O2S/c1-14-12-15(13-19)4-5-16(14)27(25,26)24-10-8-23(9-11-24)17-6-7-20-18(21-17)22(2)3/h4-7,12H,8-11H2,1-3H3. The molecule has 1 aliphatic heterocycles. The first-order chi connectivity index (χ1) is 12.8. The van der Waals surface area contributed by atoms with Gasteiger partial charge in [-0.3, -0.25) is 0 Å². The predicted molar refractivity (Wildman–Crippen MR) is 103 cm³/mol. The van der Waals surface area contributed by atoms with Crippen molar-refractivity contribution in [3.8, 4) is 6.07 Å². The maximum atomic E-state index is 13.0. The summed E-state index contributed by atoms with van der Waals surface area (Å²) in [5.41, 5.74) is 1.04. The Morgan fingerprint density at radius 3 is 2.44 bits per heavy atom. The van der Waals surface area contributed by atoms with Crippen LogP contribution in [0.2, 0.25) is 0 Å². The zero-order valence-corrected chi connectivity index (χ0v) is 16.4. The lowest BCUT2D eigenvalue weighted by atomic mass is 10.2. The number of sulfonamides is 1. The molecule has 0 atom stereocenters. The van der Waals surface area contributed by atoms with Crippen LogP contribution in [0.25, 0.3) is 0 Å². The third-order valence-corrected chi connectivity index (χ3v) is 6.57. The highest BCUT2D eigenvalue weighted by atomic mass is 32.2. The van der Waals surface area contributed by atoms with Gasteiger partial charge in [-0.2, -0.15) is 14.6 Å². The van der Waals surface area contributed by atoms with Crippen LogP contribution in [-0.4, -0.2) is 63.0 Å². The maximum absolute atomic E-state index is 13.0. The number of anilines is 2. The average Bonchev–Trinajstić information content (AvgIpc) is 2.67. The lowest BCUT2D eigenvalue weighted by Gasteiger charge is -2.35. The lowest BCUT2D eigenvalue weighted by Crippen LogP contribution is -2.49. The van der Waals surface area contributed by atoms with Crippen molar-refractivity contribution in [3.63, 3.8) is 0 Å². The number of nitrogens with zero attached hydrogens (tertiary/aromatic N) is 6. The van der Waals surface area contributed by atoms with Crippen LogP contribution in [0, 0.1) is 18.3 Å². The molecule has 0 radical (unpaired) electrons. The monoisotopic (exact) mass is 386 g/mol. The highest BCUT2D eigenvalue weighted by molar-refractivity contribution is 7.89. The van der Waals surface area contributed by atoms with E-state index in [4.69, 9.17) is 5.26 Å². The SMILES string of the molecule is Cc1cc(C#N)ccc1S(=O)(=O)N1CCN(c2ccnc(N(C)C)n2)CC1. The quantitative estimate of drug-likeness (QED) is 0.780. The second kappa shape index (κ2) is 7.50. The van der Waals surface area contributed by atoms with Crippen molar-refractivity contribution in [2.75, 3.05) is 50.1 Å². The Balaban J connectivity index is 1.75. The van der Waals surface area contributed by atoms with Gasteiger partial charge in [-0.1, -0.05) is 0 Å². The van der Waals surface area contributed by atoms with Gasteiger partial charge in [-0.25, -0.2) is 13.4 Å². The third-order valence-electron chi connectivity index (χ3n) is 4.51. The molecular formula is C18H22N6O2S. The van der Waals surface area contributed by atoms with E-state index in [9.17, 15) is 8.42 Å². The van der Waals surface area contributed by atoms with Crippen LogP contribution in [0.3, 0.4) is 0 Å². The molecule has 9 heteroatoms. The first-order valence-electron chi connectivity index (χ1n) is 8.59. The maximum Gasteiger partial charge on any atom is 0.243 e. The van der Waals surface area contributed by atoms with Gasteiger partial charge in [0.15, 0.2) is 0 Å². The van der Waals surface area contributed by atoms with Crippen LogP contribution < -0.4 is 9.80 Å². The van der Waals surface area contributed by atoms with Crippen molar-refractivity contribution in [1.29, 1.82) is 5.26 Å². The summed E-state index contributed by atoms with van der Waals surface area (Å²) in [6.07, 6.45) is 1.71. The minimum atomic E-state index is -3.59. The minimum absolute atomic E-state index is 0.256. The summed E-state index contributed by atoms with van der Waals surface area (Å²) in [5, 5.41) is 8.97. The second-order valence-electron chi connectivity index (χ2n) is 6.59. The molecule has 0 amide bonds. The zero-order chi connectivity index (χ0) is 19.6. The molecule has 0 saturated carbocycles.